The van der Waals surface area contributed by atoms with Crippen LogP contribution in [-0.4, -0.2) is 38.3 Å². The third-order valence-electron chi connectivity index (χ3n) is 3.41. The lowest BCUT2D eigenvalue weighted by Crippen LogP contribution is -2.38. The van der Waals surface area contributed by atoms with E-state index in [0.717, 1.165) is 12.3 Å². The fraction of sp³-hybridized carbons (Fsp3) is 0.615. The van der Waals surface area contributed by atoms with Crippen molar-refractivity contribution in [2.75, 3.05) is 23.7 Å². The number of hydrogen-bond acceptors (Lipinski definition) is 4. The molecule has 0 bridgehead atoms. The van der Waals surface area contributed by atoms with Crippen molar-refractivity contribution in [1.29, 1.82) is 0 Å². The first-order valence-corrected chi connectivity index (χ1v) is 8.64. The third-order valence-corrected chi connectivity index (χ3v) is 5.04. The first-order chi connectivity index (χ1) is 10.2. The Balaban J connectivity index is 1.99. The van der Waals surface area contributed by atoms with Crippen LogP contribution >= 0.6 is 0 Å². The summed E-state index contributed by atoms with van der Waals surface area (Å²) in [7, 11) is -3.29. The molecule has 1 aliphatic rings. The van der Waals surface area contributed by atoms with E-state index in [-0.39, 0.29) is 11.8 Å². The van der Waals surface area contributed by atoms with Gasteiger partial charge in [0, 0.05) is 25.3 Å². The summed E-state index contributed by atoms with van der Waals surface area (Å²) in [5.74, 6) is 0.493. The van der Waals surface area contributed by atoms with E-state index in [2.05, 4.69) is 9.71 Å². The molecule has 0 amide bonds. The Morgan fingerprint density at radius 2 is 2.14 bits per heavy atom. The molecule has 2 rings (SSSR count). The fourth-order valence-electron chi connectivity index (χ4n) is 2.39. The Morgan fingerprint density at radius 3 is 2.68 bits per heavy atom. The number of nitrogens with one attached hydrogen (secondary N) is 1. The van der Waals surface area contributed by atoms with E-state index in [4.69, 9.17) is 0 Å². The molecule has 0 spiro atoms. The van der Waals surface area contributed by atoms with E-state index in [9.17, 15) is 21.6 Å². The largest absolute Gasteiger partial charge is 0.417 e. The Morgan fingerprint density at radius 1 is 1.41 bits per heavy atom. The summed E-state index contributed by atoms with van der Waals surface area (Å²) in [6.07, 6.45) is -2.48. The predicted octanol–water partition coefficient (Wildman–Crippen LogP) is 2.01. The highest BCUT2D eigenvalue weighted by molar-refractivity contribution is 7.89. The molecule has 1 fully saturated rings. The molecule has 124 valence electrons. The first-order valence-electron chi connectivity index (χ1n) is 6.99. The SMILES string of the molecule is CCCS(=O)(=O)N[C@H]1CCN(c2ccc(C(F)(F)F)cn2)C1. The average molecular weight is 337 g/mol. The highest BCUT2D eigenvalue weighted by atomic mass is 32.2. The second-order valence-corrected chi connectivity index (χ2v) is 7.14. The maximum Gasteiger partial charge on any atom is 0.417 e. The molecular weight excluding hydrogens is 319 g/mol. The molecule has 1 N–H and O–H groups in total. The van der Waals surface area contributed by atoms with E-state index in [0.29, 0.717) is 31.7 Å². The van der Waals surface area contributed by atoms with Crippen LogP contribution in [0.1, 0.15) is 25.3 Å². The van der Waals surface area contributed by atoms with Gasteiger partial charge in [-0.1, -0.05) is 6.92 Å². The van der Waals surface area contributed by atoms with Crippen molar-refractivity contribution in [3.8, 4) is 0 Å². The standard InChI is InChI=1S/C13H18F3N3O2S/c1-2-7-22(20,21)18-11-5-6-19(9-11)12-4-3-10(8-17-12)13(14,15)16/h3-4,8,11,18H,2,5-7,9H2,1H3/t11-/m0/s1. The summed E-state index contributed by atoms with van der Waals surface area (Å²) in [5.41, 5.74) is -0.796. The van der Waals surface area contributed by atoms with E-state index in [1.807, 2.05) is 0 Å². The minimum atomic E-state index is -4.41. The first kappa shape index (κ1) is 17.0. The number of sulfonamides is 1. The van der Waals surface area contributed by atoms with Gasteiger partial charge in [-0.15, -0.1) is 0 Å². The van der Waals surface area contributed by atoms with E-state index in [1.54, 1.807) is 11.8 Å². The molecule has 1 saturated heterocycles. The van der Waals surface area contributed by atoms with Gasteiger partial charge in [-0.05, 0) is 25.0 Å². The van der Waals surface area contributed by atoms with Gasteiger partial charge >= 0.3 is 6.18 Å². The lowest BCUT2D eigenvalue weighted by molar-refractivity contribution is -0.137. The van der Waals surface area contributed by atoms with Gasteiger partial charge in [0.05, 0.1) is 11.3 Å². The number of rotatable bonds is 5. The van der Waals surface area contributed by atoms with Crippen LogP contribution in [0.15, 0.2) is 18.3 Å². The maximum atomic E-state index is 12.5. The van der Waals surface area contributed by atoms with Crippen molar-refractivity contribution < 1.29 is 21.6 Å². The van der Waals surface area contributed by atoms with Crippen LogP contribution < -0.4 is 9.62 Å². The quantitative estimate of drug-likeness (QED) is 0.893. The zero-order chi connectivity index (χ0) is 16.4. The zero-order valence-electron chi connectivity index (χ0n) is 12.1. The topological polar surface area (TPSA) is 62.3 Å². The molecule has 0 saturated carbocycles. The fourth-order valence-corrected chi connectivity index (χ4v) is 3.74. The van der Waals surface area contributed by atoms with Crippen molar-refractivity contribution in [2.45, 2.75) is 32.0 Å². The highest BCUT2D eigenvalue weighted by Crippen LogP contribution is 2.29. The van der Waals surface area contributed by atoms with E-state index in [1.165, 1.54) is 6.07 Å². The van der Waals surface area contributed by atoms with Crippen molar-refractivity contribution in [3.05, 3.63) is 23.9 Å². The molecule has 1 aliphatic heterocycles. The van der Waals surface area contributed by atoms with Gasteiger partial charge in [0.15, 0.2) is 0 Å². The highest BCUT2D eigenvalue weighted by Gasteiger charge is 2.32. The van der Waals surface area contributed by atoms with Gasteiger partial charge in [0.1, 0.15) is 5.82 Å². The van der Waals surface area contributed by atoms with Crippen LogP contribution in [0, 0.1) is 0 Å². The summed E-state index contributed by atoms with van der Waals surface area (Å²) in [5, 5.41) is 0. The van der Waals surface area contributed by atoms with Crippen LogP contribution in [-0.2, 0) is 16.2 Å². The van der Waals surface area contributed by atoms with Crippen LogP contribution in [0.25, 0.3) is 0 Å². The Kier molecular flexibility index (Phi) is 4.96. The number of hydrogen-bond donors (Lipinski definition) is 1. The number of anilines is 1. The molecule has 0 unspecified atom stereocenters. The molecule has 0 aliphatic carbocycles. The van der Waals surface area contributed by atoms with Gasteiger partial charge in [-0.2, -0.15) is 13.2 Å². The van der Waals surface area contributed by atoms with Gasteiger partial charge in [0.2, 0.25) is 10.0 Å². The monoisotopic (exact) mass is 337 g/mol. The van der Waals surface area contributed by atoms with Crippen molar-refractivity contribution in [1.82, 2.24) is 9.71 Å². The summed E-state index contributed by atoms with van der Waals surface area (Å²) < 4.78 is 63.5. The normalized spacial score (nSPS) is 19.6. The Bertz CT molecular complexity index is 602. The molecule has 1 aromatic rings. The van der Waals surface area contributed by atoms with Crippen LogP contribution in [0.2, 0.25) is 0 Å². The molecule has 1 atom stereocenters. The van der Waals surface area contributed by atoms with Gasteiger partial charge in [-0.3, -0.25) is 0 Å². The molecule has 5 nitrogen and oxygen atoms in total. The average Bonchev–Trinajstić information content (AvgIpc) is 2.85. The lowest BCUT2D eigenvalue weighted by atomic mass is 10.3. The summed E-state index contributed by atoms with van der Waals surface area (Å²) in [6.45, 7) is 2.74. The maximum absolute atomic E-state index is 12.5. The Labute approximate surface area is 127 Å². The van der Waals surface area contributed by atoms with Crippen molar-refractivity contribution >= 4 is 15.8 Å². The number of aromatic nitrogens is 1. The minimum Gasteiger partial charge on any atom is -0.355 e. The molecular formula is C13H18F3N3O2S. The third kappa shape index (κ3) is 4.33. The summed E-state index contributed by atoms with van der Waals surface area (Å²) in [4.78, 5) is 5.60. The van der Waals surface area contributed by atoms with Crippen LogP contribution in [0.4, 0.5) is 19.0 Å². The van der Waals surface area contributed by atoms with Gasteiger partial charge in [0.25, 0.3) is 0 Å². The molecule has 22 heavy (non-hydrogen) atoms. The van der Waals surface area contributed by atoms with Crippen LogP contribution in [0.5, 0.6) is 0 Å². The number of halogens is 3. The molecule has 2 heterocycles. The van der Waals surface area contributed by atoms with E-state index < -0.39 is 21.8 Å². The van der Waals surface area contributed by atoms with Crippen molar-refractivity contribution in [3.63, 3.8) is 0 Å². The molecule has 9 heteroatoms. The van der Waals surface area contributed by atoms with E-state index >= 15 is 0 Å². The number of pyridine rings is 1. The van der Waals surface area contributed by atoms with Crippen LogP contribution in [0.3, 0.4) is 0 Å². The van der Waals surface area contributed by atoms with Crippen molar-refractivity contribution in [2.24, 2.45) is 0 Å². The number of alkyl halides is 3. The zero-order valence-corrected chi connectivity index (χ0v) is 12.9. The summed E-state index contributed by atoms with van der Waals surface area (Å²) in [6, 6.07) is 2.06. The summed E-state index contributed by atoms with van der Waals surface area (Å²) >= 11 is 0. The van der Waals surface area contributed by atoms with Gasteiger partial charge in [-0.25, -0.2) is 18.1 Å². The second-order valence-electron chi connectivity index (χ2n) is 5.27. The predicted molar refractivity (Wildman–Crippen MR) is 77.1 cm³/mol. The number of nitrogens with zero attached hydrogens (tertiary/aromatic N) is 2. The second kappa shape index (κ2) is 6.41. The molecule has 0 radical (unpaired) electrons. The van der Waals surface area contributed by atoms with Gasteiger partial charge < -0.3 is 4.90 Å². The lowest BCUT2D eigenvalue weighted by Gasteiger charge is -2.18. The Hall–Kier alpha value is -1.35. The molecule has 1 aromatic heterocycles. The smallest absolute Gasteiger partial charge is 0.355 e. The minimum absolute atomic E-state index is 0.0715. The molecule has 0 aromatic carbocycles.